The molecule has 0 aromatic heterocycles. The first kappa shape index (κ1) is 79.6. The lowest BCUT2D eigenvalue weighted by atomic mass is 10.0. The number of carbonyl (C=O) groups is 2. The molecule has 0 saturated heterocycles. The van der Waals surface area contributed by atoms with E-state index in [2.05, 4.69) is 74.6 Å². The van der Waals surface area contributed by atoms with Gasteiger partial charge in [0.1, 0.15) is 6.61 Å². The van der Waals surface area contributed by atoms with Crippen LogP contribution in [-0.4, -0.2) is 36.4 Å². The van der Waals surface area contributed by atoms with E-state index in [1.807, 2.05) is 0 Å². The first-order chi connectivity index (χ1) is 40.6. The lowest BCUT2D eigenvalue weighted by Gasteiger charge is -2.15. The third-order valence-electron chi connectivity index (χ3n) is 16.8. The third-order valence-corrected chi connectivity index (χ3v) is 16.8. The van der Waals surface area contributed by atoms with Crippen LogP contribution in [0.15, 0.2) is 60.8 Å². The van der Waals surface area contributed by atoms with Crippen LogP contribution in [0, 0.1) is 0 Å². The standard InChI is InChI=1S/C77H142O5/c1-3-5-7-9-11-13-15-17-19-21-23-25-27-29-31-33-34-35-36-37-38-39-40-41-42-44-45-47-49-51-53-55-57-59-61-63-65-67-69-71-76(79)81-74-75(73-78)82-77(80)72-70-68-66-64-62-60-58-56-54-52-50-48-46-43-32-30-28-26-24-22-20-18-16-14-12-10-8-6-4-2/h6,8,12,14,18,20,24,26,30,32,75,78H,3-5,7,9-11,13,15-17,19,21-23,25,27-29,31,33-74H2,1-2H3/b8-6-,14-12-,20-18-,26-24-,32-30-. The van der Waals surface area contributed by atoms with Crippen LogP contribution in [0.4, 0.5) is 0 Å². The number of allylic oxidation sites excluding steroid dienone is 10. The van der Waals surface area contributed by atoms with Gasteiger partial charge in [0.05, 0.1) is 6.61 Å². The number of carbonyl (C=O) groups excluding carboxylic acids is 2. The van der Waals surface area contributed by atoms with Crippen LogP contribution in [0.1, 0.15) is 399 Å². The minimum atomic E-state index is -0.774. The number of esters is 2. The maximum absolute atomic E-state index is 12.4. The molecule has 0 aromatic rings. The number of rotatable bonds is 69. The topological polar surface area (TPSA) is 72.8 Å². The van der Waals surface area contributed by atoms with Gasteiger partial charge in [-0.3, -0.25) is 9.59 Å². The van der Waals surface area contributed by atoms with Gasteiger partial charge in [0, 0.05) is 12.8 Å². The molecular formula is C77H142O5. The van der Waals surface area contributed by atoms with Crippen molar-refractivity contribution in [2.45, 2.75) is 405 Å². The maximum atomic E-state index is 12.4. The van der Waals surface area contributed by atoms with Gasteiger partial charge in [-0.1, -0.05) is 389 Å². The maximum Gasteiger partial charge on any atom is 0.306 e. The van der Waals surface area contributed by atoms with Gasteiger partial charge in [-0.05, 0) is 57.8 Å². The Bertz CT molecular complexity index is 1390. The lowest BCUT2D eigenvalue weighted by molar-refractivity contribution is -0.161. The van der Waals surface area contributed by atoms with Crippen molar-refractivity contribution in [1.29, 1.82) is 0 Å². The van der Waals surface area contributed by atoms with Gasteiger partial charge in [-0.25, -0.2) is 0 Å². The Balaban J connectivity index is 3.38. The molecule has 1 atom stereocenters. The van der Waals surface area contributed by atoms with Crippen molar-refractivity contribution in [3.63, 3.8) is 0 Å². The number of unbranched alkanes of at least 4 members (excludes halogenated alkanes) is 51. The number of aliphatic hydroxyl groups is 1. The summed E-state index contributed by atoms with van der Waals surface area (Å²) >= 11 is 0. The van der Waals surface area contributed by atoms with Gasteiger partial charge in [0.25, 0.3) is 0 Å². The highest BCUT2D eigenvalue weighted by atomic mass is 16.6. The molecule has 0 aliphatic heterocycles. The number of hydrogen-bond acceptors (Lipinski definition) is 5. The molecule has 0 bridgehead atoms. The van der Waals surface area contributed by atoms with Gasteiger partial charge in [0.15, 0.2) is 6.10 Å². The van der Waals surface area contributed by atoms with Crippen LogP contribution in [-0.2, 0) is 19.1 Å². The highest BCUT2D eigenvalue weighted by Gasteiger charge is 2.16. The number of ether oxygens (including phenoxy) is 2. The van der Waals surface area contributed by atoms with Crippen molar-refractivity contribution < 1.29 is 24.2 Å². The fourth-order valence-electron chi connectivity index (χ4n) is 11.4. The normalized spacial score (nSPS) is 12.5. The molecule has 0 aliphatic rings. The summed E-state index contributed by atoms with van der Waals surface area (Å²) < 4.78 is 10.8. The molecular weight excluding hydrogens is 1000 g/mol. The lowest BCUT2D eigenvalue weighted by Crippen LogP contribution is -2.28. The van der Waals surface area contributed by atoms with E-state index in [0.29, 0.717) is 12.8 Å². The van der Waals surface area contributed by atoms with E-state index in [1.54, 1.807) is 0 Å². The van der Waals surface area contributed by atoms with E-state index in [0.717, 1.165) is 64.2 Å². The number of aliphatic hydroxyl groups excluding tert-OH is 1. The largest absolute Gasteiger partial charge is 0.462 e. The summed E-state index contributed by atoms with van der Waals surface area (Å²) in [6.07, 6.45) is 100. The summed E-state index contributed by atoms with van der Waals surface area (Å²) in [7, 11) is 0. The molecule has 5 heteroatoms. The van der Waals surface area contributed by atoms with E-state index in [-0.39, 0.29) is 25.2 Å². The molecule has 1 N–H and O–H groups in total. The fourth-order valence-corrected chi connectivity index (χ4v) is 11.4. The van der Waals surface area contributed by atoms with Crippen LogP contribution in [0.25, 0.3) is 0 Å². The van der Waals surface area contributed by atoms with Crippen LogP contribution in [0.5, 0.6) is 0 Å². The van der Waals surface area contributed by atoms with Crippen LogP contribution in [0.2, 0.25) is 0 Å². The molecule has 0 aromatic carbocycles. The average Bonchev–Trinajstić information content (AvgIpc) is 3.49. The molecule has 480 valence electrons. The van der Waals surface area contributed by atoms with Gasteiger partial charge in [-0.2, -0.15) is 0 Å². The van der Waals surface area contributed by atoms with E-state index in [9.17, 15) is 14.7 Å². The zero-order chi connectivity index (χ0) is 59.1. The summed E-state index contributed by atoms with van der Waals surface area (Å²) in [5.74, 6) is -0.573. The molecule has 0 amide bonds. The highest BCUT2D eigenvalue weighted by Crippen LogP contribution is 2.19. The summed E-state index contributed by atoms with van der Waals surface area (Å²) in [5, 5.41) is 9.71. The first-order valence-electron chi connectivity index (χ1n) is 36.8. The Labute approximate surface area is 512 Å². The molecule has 0 radical (unpaired) electrons. The SMILES string of the molecule is CC/C=C\C/C=C\C/C=C\C/C=C\C/C=C\CCCCCCCCCCCCCCCC(=O)OC(CO)COC(=O)CCCCCCCCCCCCCCCCCCCCCCCCCCCCCCCCCCCCCCCCC. The second-order valence-corrected chi connectivity index (χ2v) is 25.0. The third kappa shape index (κ3) is 70.1. The molecule has 1 unspecified atom stereocenters. The van der Waals surface area contributed by atoms with Crippen LogP contribution < -0.4 is 0 Å². The molecule has 0 rings (SSSR count). The predicted molar refractivity (Wildman–Crippen MR) is 362 cm³/mol. The van der Waals surface area contributed by atoms with E-state index in [4.69, 9.17) is 9.47 Å². The summed E-state index contributed by atoms with van der Waals surface area (Å²) in [4.78, 5) is 24.7. The Hall–Kier alpha value is -2.40. The van der Waals surface area contributed by atoms with Crippen molar-refractivity contribution >= 4 is 11.9 Å². The average molecular weight is 1150 g/mol. The van der Waals surface area contributed by atoms with E-state index >= 15 is 0 Å². The minimum Gasteiger partial charge on any atom is -0.462 e. The molecule has 82 heavy (non-hydrogen) atoms. The van der Waals surface area contributed by atoms with Gasteiger partial charge in [-0.15, -0.1) is 0 Å². The number of hydrogen-bond donors (Lipinski definition) is 1. The van der Waals surface area contributed by atoms with Crippen LogP contribution in [0.3, 0.4) is 0 Å². The smallest absolute Gasteiger partial charge is 0.306 e. The predicted octanol–water partition coefficient (Wildman–Crippen LogP) is 25.7. The van der Waals surface area contributed by atoms with Gasteiger partial charge in [0.2, 0.25) is 0 Å². The monoisotopic (exact) mass is 1150 g/mol. The van der Waals surface area contributed by atoms with Crippen molar-refractivity contribution in [1.82, 2.24) is 0 Å². The van der Waals surface area contributed by atoms with Crippen LogP contribution >= 0.6 is 0 Å². The first-order valence-corrected chi connectivity index (χ1v) is 36.8. The van der Waals surface area contributed by atoms with Crippen molar-refractivity contribution in [2.24, 2.45) is 0 Å². The zero-order valence-electron chi connectivity index (χ0n) is 55.3. The highest BCUT2D eigenvalue weighted by molar-refractivity contribution is 5.70. The Morgan fingerprint density at radius 3 is 0.793 bits per heavy atom. The summed E-state index contributed by atoms with van der Waals surface area (Å²) in [6.45, 7) is 4.08. The molecule has 0 aliphatic carbocycles. The van der Waals surface area contributed by atoms with E-state index < -0.39 is 6.10 Å². The van der Waals surface area contributed by atoms with Crippen molar-refractivity contribution in [3.05, 3.63) is 60.8 Å². The minimum absolute atomic E-state index is 0.0629. The molecule has 0 saturated carbocycles. The Morgan fingerprint density at radius 2 is 0.524 bits per heavy atom. The van der Waals surface area contributed by atoms with Crippen molar-refractivity contribution in [3.8, 4) is 0 Å². The quantitative estimate of drug-likeness (QED) is 0.0373. The molecule has 0 fully saturated rings. The Kier molecular flexibility index (Phi) is 70.7. The molecule has 0 heterocycles. The fraction of sp³-hybridized carbons (Fsp3) is 0.844. The summed E-state index contributed by atoms with van der Waals surface area (Å²) in [6, 6.07) is 0. The van der Waals surface area contributed by atoms with Gasteiger partial charge >= 0.3 is 11.9 Å². The summed E-state index contributed by atoms with van der Waals surface area (Å²) in [5.41, 5.74) is 0. The van der Waals surface area contributed by atoms with Crippen molar-refractivity contribution in [2.75, 3.05) is 13.2 Å². The van der Waals surface area contributed by atoms with Gasteiger partial charge < -0.3 is 14.6 Å². The Morgan fingerprint density at radius 1 is 0.293 bits per heavy atom. The molecule has 0 spiro atoms. The van der Waals surface area contributed by atoms with E-state index in [1.165, 1.54) is 308 Å². The second-order valence-electron chi connectivity index (χ2n) is 25.0. The zero-order valence-corrected chi connectivity index (χ0v) is 55.3. The molecule has 5 nitrogen and oxygen atoms in total. The second kappa shape index (κ2) is 72.9.